The van der Waals surface area contributed by atoms with Crippen LogP contribution in [0.5, 0.6) is 5.75 Å². The number of nitrogens with zero attached hydrogens (tertiary/aromatic N) is 2. The fraction of sp³-hybridized carbons (Fsp3) is 0.250. The summed E-state index contributed by atoms with van der Waals surface area (Å²) in [5.41, 5.74) is 1.57. The lowest BCUT2D eigenvalue weighted by molar-refractivity contribution is 0.483. The highest BCUT2D eigenvalue weighted by atomic mass is 16.5. The molecule has 4 heteroatoms. The minimum atomic E-state index is -0.0571. The van der Waals surface area contributed by atoms with Gasteiger partial charge in [0.2, 0.25) is 0 Å². The van der Waals surface area contributed by atoms with Gasteiger partial charge in [0.1, 0.15) is 11.6 Å². The molecule has 20 heavy (non-hydrogen) atoms. The molecule has 1 heterocycles. The number of aryl methyl sites for hydroxylation is 2. The molecule has 104 valence electrons. The van der Waals surface area contributed by atoms with E-state index >= 15 is 0 Å². The molecule has 0 saturated heterocycles. The molecule has 0 fully saturated rings. The summed E-state index contributed by atoms with van der Waals surface area (Å²) >= 11 is 0. The molecule has 0 radical (unpaired) electrons. The van der Waals surface area contributed by atoms with Crippen molar-refractivity contribution in [3.8, 4) is 11.4 Å². The van der Waals surface area contributed by atoms with Crippen LogP contribution >= 0.6 is 0 Å². The van der Waals surface area contributed by atoms with Crippen molar-refractivity contribution in [3.05, 3.63) is 65.0 Å². The van der Waals surface area contributed by atoms with Gasteiger partial charge in [-0.15, -0.1) is 0 Å². The fourth-order valence-electron chi connectivity index (χ4n) is 2.12. The molecule has 4 nitrogen and oxygen atoms in total. The minimum Gasteiger partial charge on any atom is -0.466 e. The van der Waals surface area contributed by atoms with Gasteiger partial charge in [-0.1, -0.05) is 19.9 Å². The summed E-state index contributed by atoms with van der Waals surface area (Å²) < 4.78 is 6.76. The number of benzene rings is 1. The Hall–Kier alpha value is -2.36. The highest BCUT2D eigenvalue weighted by Gasteiger charge is 2.07. The van der Waals surface area contributed by atoms with Crippen molar-refractivity contribution in [2.75, 3.05) is 0 Å². The van der Waals surface area contributed by atoms with Crippen LogP contribution in [-0.2, 0) is 6.42 Å². The summed E-state index contributed by atoms with van der Waals surface area (Å²) in [4.78, 5) is 16.7. The molecule has 2 rings (SSSR count). The summed E-state index contributed by atoms with van der Waals surface area (Å²) in [7, 11) is 0. The Labute approximate surface area is 118 Å². The number of rotatable bonds is 5. The van der Waals surface area contributed by atoms with Gasteiger partial charge in [-0.25, -0.2) is 4.98 Å². The average molecular weight is 270 g/mol. The number of ether oxygens (including phenoxy) is 1. The Morgan fingerprint density at radius 2 is 2.05 bits per heavy atom. The first-order valence-corrected chi connectivity index (χ1v) is 6.63. The van der Waals surface area contributed by atoms with Crippen LogP contribution in [0, 0.1) is 6.92 Å². The lowest BCUT2D eigenvalue weighted by Crippen LogP contribution is -2.22. The lowest BCUT2D eigenvalue weighted by Gasteiger charge is -2.11. The fourth-order valence-corrected chi connectivity index (χ4v) is 2.12. The van der Waals surface area contributed by atoms with Gasteiger partial charge in [-0.05, 0) is 37.6 Å². The van der Waals surface area contributed by atoms with Gasteiger partial charge in [0.15, 0.2) is 0 Å². The summed E-state index contributed by atoms with van der Waals surface area (Å²) in [5.74, 6) is 1.38. The minimum absolute atomic E-state index is 0.0571. The SMILES string of the molecule is C=COc1ccc(-n2c(C)nc(CCC)cc2=O)cc1. The van der Waals surface area contributed by atoms with Crippen LogP contribution in [0.2, 0.25) is 0 Å². The third kappa shape index (κ3) is 2.96. The molecule has 0 N–H and O–H groups in total. The van der Waals surface area contributed by atoms with E-state index < -0.39 is 0 Å². The van der Waals surface area contributed by atoms with Crippen LogP contribution in [-0.4, -0.2) is 9.55 Å². The largest absolute Gasteiger partial charge is 0.466 e. The van der Waals surface area contributed by atoms with E-state index in [0.29, 0.717) is 11.6 Å². The van der Waals surface area contributed by atoms with Crippen LogP contribution in [0.3, 0.4) is 0 Å². The summed E-state index contributed by atoms with van der Waals surface area (Å²) in [5, 5.41) is 0. The van der Waals surface area contributed by atoms with E-state index in [1.807, 2.05) is 19.1 Å². The maximum atomic E-state index is 12.2. The second kappa shape index (κ2) is 6.19. The Kier molecular flexibility index (Phi) is 4.35. The van der Waals surface area contributed by atoms with Gasteiger partial charge in [0.25, 0.3) is 5.56 Å². The van der Waals surface area contributed by atoms with Crippen LogP contribution in [0.25, 0.3) is 5.69 Å². The molecule has 2 aromatic rings. The van der Waals surface area contributed by atoms with Crippen molar-refractivity contribution in [1.82, 2.24) is 9.55 Å². The van der Waals surface area contributed by atoms with Gasteiger partial charge in [-0.3, -0.25) is 9.36 Å². The van der Waals surface area contributed by atoms with E-state index in [9.17, 15) is 4.79 Å². The molecule has 1 aromatic carbocycles. The zero-order chi connectivity index (χ0) is 14.5. The Morgan fingerprint density at radius 1 is 1.35 bits per heavy atom. The summed E-state index contributed by atoms with van der Waals surface area (Å²) in [6.45, 7) is 7.42. The van der Waals surface area contributed by atoms with Crippen LogP contribution < -0.4 is 10.3 Å². The summed E-state index contributed by atoms with van der Waals surface area (Å²) in [6.07, 6.45) is 3.17. The topological polar surface area (TPSA) is 44.1 Å². The van der Waals surface area contributed by atoms with E-state index in [4.69, 9.17) is 4.74 Å². The quantitative estimate of drug-likeness (QED) is 0.784. The highest BCUT2D eigenvalue weighted by molar-refractivity contribution is 5.38. The first-order chi connectivity index (χ1) is 9.65. The molecular weight excluding hydrogens is 252 g/mol. The predicted molar refractivity (Wildman–Crippen MR) is 79.4 cm³/mol. The van der Waals surface area contributed by atoms with Gasteiger partial charge in [0, 0.05) is 11.8 Å². The Bertz CT molecular complexity index is 657. The third-order valence-corrected chi connectivity index (χ3v) is 2.96. The van der Waals surface area contributed by atoms with E-state index in [1.54, 1.807) is 22.8 Å². The molecule has 0 aliphatic rings. The zero-order valence-electron chi connectivity index (χ0n) is 11.8. The van der Waals surface area contributed by atoms with Crippen LogP contribution in [0.15, 0.2) is 48.0 Å². The molecule has 0 spiro atoms. The maximum Gasteiger partial charge on any atom is 0.258 e. The Balaban J connectivity index is 2.42. The van der Waals surface area contributed by atoms with Crippen LogP contribution in [0.4, 0.5) is 0 Å². The smallest absolute Gasteiger partial charge is 0.258 e. The first-order valence-electron chi connectivity index (χ1n) is 6.63. The number of hydrogen-bond donors (Lipinski definition) is 0. The molecule has 0 amide bonds. The molecule has 0 unspecified atom stereocenters. The van der Waals surface area contributed by atoms with Crippen molar-refractivity contribution in [2.45, 2.75) is 26.7 Å². The van der Waals surface area contributed by atoms with Gasteiger partial charge in [-0.2, -0.15) is 0 Å². The second-order valence-corrected chi connectivity index (χ2v) is 4.50. The standard InChI is InChI=1S/C16H18N2O2/c1-4-6-13-11-16(19)18(12(3)17-13)14-7-9-15(10-8-14)20-5-2/h5,7-11H,2,4,6H2,1,3H3. The first kappa shape index (κ1) is 14.1. The predicted octanol–water partition coefficient (Wildman–Crippen LogP) is 3.02. The van der Waals surface area contributed by atoms with Crippen molar-refractivity contribution >= 4 is 0 Å². The third-order valence-electron chi connectivity index (χ3n) is 2.96. The van der Waals surface area contributed by atoms with Gasteiger partial charge < -0.3 is 4.74 Å². The summed E-state index contributed by atoms with van der Waals surface area (Å²) in [6, 6.07) is 8.85. The van der Waals surface area contributed by atoms with E-state index in [0.717, 1.165) is 24.2 Å². The van der Waals surface area contributed by atoms with Crippen molar-refractivity contribution in [1.29, 1.82) is 0 Å². The molecule has 0 aliphatic carbocycles. The lowest BCUT2D eigenvalue weighted by atomic mass is 10.2. The van der Waals surface area contributed by atoms with Crippen molar-refractivity contribution in [2.24, 2.45) is 0 Å². The van der Waals surface area contributed by atoms with Crippen molar-refractivity contribution < 1.29 is 4.74 Å². The highest BCUT2D eigenvalue weighted by Crippen LogP contribution is 2.15. The maximum absolute atomic E-state index is 12.2. The zero-order valence-corrected chi connectivity index (χ0v) is 11.8. The average Bonchev–Trinajstić information content (AvgIpc) is 2.40. The normalized spacial score (nSPS) is 10.3. The van der Waals surface area contributed by atoms with Crippen molar-refractivity contribution in [3.63, 3.8) is 0 Å². The van der Waals surface area contributed by atoms with Crippen LogP contribution in [0.1, 0.15) is 24.9 Å². The number of aromatic nitrogens is 2. The Morgan fingerprint density at radius 3 is 2.60 bits per heavy atom. The molecule has 0 saturated carbocycles. The molecule has 0 atom stereocenters. The van der Waals surface area contributed by atoms with E-state index in [2.05, 4.69) is 18.5 Å². The second-order valence-electron chi connectivity index (χ2n) is 4.50. The number of hydrogen-bond acceptors (Lipinski definition) is 3. The van der Waals surface area contributed by atoms with E-state index in [-0.39, 0.29) is 5.56 Å². The molecule has 0 bridgehead atoms. The monoisotopic (exact) mass is 270 g/mol. The molecule has 0 aliphatic heterocycles. The molecular formula is C16H18N2O2. The van der Waals surface area contributed by atoms with Gasteiger partial charge >= 0.3 is 0 Å². The van der Waals surface area contributed by atoms with Gasteiger partial charge in [0.05, 0.1) is 11.9 Å². The molecule has 1 aromatic heterocycles. The van der Waals surface area contributed by atoms with E-state index in [1.165, 1.54) is 6.26 Å².